The number of pyridine rings is 1. The van der Waals surface area contributed by atoms with Crippen LogP contribution in [0.15, 0.2) is 46.0 Å². The van der Waals surface area contributed by atoms with E-state index in [9.17, 15) is 8.42 Å². The van der Waals surface area contributed by atoms with E-state index in [1.54, 1.807) is 12.3 Å². The molecular weight excluding hydrogens is 352 g/mol. The first-order chi connectivity index (χ1) is 8.88. The summed E-state index contributed by atoms with van der Waals surface area (Å²) in [6.07, 6.45) is 3.11. The number of rotatable bonds is 3. The van der Waals surface area contributed by atoms with Crippen molar-refractivity contribution in [3.63, 3.8) is 0 Å². The first kappa shape index (κ1) is 14.3. The molecule has 0 fully saturated rings. The minimum atomic E-state index is -3.47. The van der Waals surface area contributed by atoms with Crippen LogP contribution in [0.4, 0.5) is 5.69 Å². The van der Waals surface area contributed by atoms with E-state index in [4.69, 9.17) is 17.3 Å². The Balaban J connectivity index is 2.35. The fraction of sp³-hybridized carbons (Fsp3) is 0.0833. The van der Waals surface area contributed by atoms with Crippen LogP contribution in [-0.2, 0) is 15.6 Å². The molecule has 0 radical (unpaired) electrons. The Morgan fingerprint density at radius 2 is 2.00 bits per heavy atom. The van der Waals surface area contributed by atoms with Crippen molar-refractivity contribution in [1.82, 2.24) is 4.98 Å². The summed E-state index contributed by atoms with van der Waals surface area (Å²) in [5.41, 5.74) is 6.51. The van der Waals surface area contributed by atoms with Gasteiger partial charge in [-0.1, -0.05) is 11.6 Å². The Bertz CT molecular complexity index is 719. The van der Waals surface area contributed by atoms with E-state index in [1.807, 2.05) is 0 Å². The molecule has 0 aliphatic heterocycles. The van der Waals surface area contributed by atoms with Crippen molar-refractivity contribution in [3.05, 3.63) is 51.7 Å². The summed E-state index contributed by atoms with van der Waals surface area (Å²) in [5.74, 6) is -0.139. The van der Waals surface area contributed by atoms with Gasteiger partial charge in [-0.05, 0) is 45.8 Å². The fourth-order valence-electron chi connectivity index (χ4n) is 1.54. The number of nitrogens with two attached hydrogens (primary N) is 1. The molecule has 0 aliphatic carbocycles. The SMILES string of the molecule is Nc1ccc(S(=O)(=O)Cc2cncc(Br)c2)cc1Cl. The Hall–Kier alpha value is -1.11. The summed E-state index contributed by atoms with van der Waals surface area (Å²) >= 11 is 9.09. The number of sulfone groups is 1. The minimum Gasteiger partial charge on any atom is -0.398 e. The van der Waals surface area contributed by atoms with Crippen LogP contribution >= 0.6 is 27.5 Å². The summed E-state index contributed by atoms with van der Waals surface area (Å²) in [4.78, 5) is 4.08. The van der Waals surface area contributed by atoms with Gasteiger partial charge in [0.2, 0.25) is 0 Å². The largest absolute Gasteiger partial charge is 0.398 e. The molecule has 0 saturated heterocycles. The molecule has 0 amide bonds. The number of anilines is 1. The average molecular weight is 362 g/mol. The maximum Gasteiger partial charge on any atom is 0.182 e. The standard InChI is InChI=1S/C12H10BrClN2O2S/c13-9-3-8(5-16-6-9)7-19(17,18)10-1-2-12(15)11(14)4-10/h1-6H,7,15H2. The van der Waals surface area contributed by atoms with E-state index in [0.29, 0.717) is 11.3 Å². The number of benzene rings is 1. The molecule has 0 aliphatic rings. The van der Waals surface area contributed by atoms with Crippen LogP contribution in [0.2, 0.25) is 5.02 Å². The van der Waals surface area contributed by atoms with Gasteiger partial charge in [0.1, 0.15) is 0 Å². The maximum absolute atomic E-state index is 12.2. The quantitative estimate of drug-likeness (QED) is 0.853. The fourth-order valence-corrected chi connectivity index (χ4v) is 3.53. The van der Waals surface area contributed by atoms with Crippen molar-refractivity contribution in [1.29, 1.82) is 0 Å². The molecule has 4 nitrogen and oxygen atoms in total. The predicted octanol–water partition coefficient (Wildman–Crippen LogP) is 3.05. The number of nitrogens with zero attached hydrogens (tertiary/aromatic N) is 1. The highest BCUT2D eigenvalue weighted by Gasteiger charge is 2.16. The Morgan fingerprint density at radius 3 is 2.63 bits per heavy atom. The van der Waals surface area contributed by atoms with E-state index >= 15 is 0 Å². The molecule has 1 heterocycles. The van der Waals surface area contributed by atoms with E-state index in [1.165, 1.54) is 24.4 Å². The third-order valence-corrected chi connectivity index (χ3v) is 4.90. The zero-order chi connectivity index (χ0) is 14.0. The molecule has 2 rings (SSSR count). The molecule has 0 atom stereocenters. The Morgan fingerprint density at radius 1 is 1.26 bits per heavy atom. The van der Waals surface area contributed by atoms with Gasteiger partial charge < -0.3 is 5.73 Å². The highest BCUT2D eigenvalue weighted by Crippen LogP contribution is 2.25. The van der Waals surface area contributed by atoms with Crippen molar-refractivity contribution in [2.24, 2.45) is 0 Å². The van der Waals surface area contributed by atoms with Gasteiger partial charge in [0.15, 0.2) is 9.84 Å². The normalized spacial score (nSPS) is 11.5. The highest BCUT2D eigenvalue weighted by molar-refractivity contribution is 9.10. The van der Waals surface area contributed by atoms with E-state index in [0.717, 1.165) is 4.47 Å². The molecule has 0 unspecified atom stereocenters. The van der Waals surface area contributed by atoms with Gasteiger partial charge in [0.05, 0.1) is 21.4 Å². The van der Waals surface area contributed by atoms with Crippen LogP contribution in [0.1, 0.15) is 5.56 Å². The van der Waals surface area contributed by atoms with Gasteiger partial charge in [-0.25, -0.2) is 8.42 Å². The lowest BCUT2D eigenvalue weighted by molar-refractivity contribution is 0.595. The van der Waals surface area contributed by atoms with E-state index < -0.39 is 9.84 Å². The number of hydrogen-bond donors (Lipinski definition) is 1. The van der Waals surface area contributed by atoms with Crippen LogP contribution in [0.25, 0.3) is 0 Å². The summed E-state index contributed by atoms with van der Waals surface area (Å²) in [5, 5.41) is 0.230. The van der Waals surface area contributed by atoms with Crippen molar-refractivity contribution in [2.45, 2.75) is 10.6 Å². The first-order valence-electron chi connectivity index (χ1n) is 5.26. The molecule has 2 aromatic rings. The van der Waals surface area contributed by atoms with Crippen LogP contribution < -0.4 is 5.73 Å². The number of hydrogen-bond acceptors (Lipinski definition) is 4. The highest BCUT2D eigenvalue weighted by atomic mass is 79.9. The van der Waals surface area contributed by atoms with Crippen molar-refractivity contribution >= 4 is 43.1 Å². The number of aromatic nitrogens is 1. The second-order valence-corrected chi connectivity index (χ2v) is 7.27. The van der Waals surface area contributed by atoms with Gasteiger partial charge in [-0.3, -0.25) is 4.98 Å². The lowest BCUT2D eigenvalue weighted by atomic mass is 10.3. The van der Waals surface area contributed by atoms with Gasteiger partial charge in [0.25, 0.3) is 0 Å². The van der Waals surface area contributed by atoms with Gasteiger partial charge >= 0.3 is 0 Å². The molecular formula is C12H10BrClN2O2S. The second-order valence-electron chi connectivity index (χ2n) is 3.95. The van der Waals surface area contributed by atoms with Crippen molar-refractivity contribution < 1.29 is 8.42 Å². The molecule has 19 heavy (non-hydrogen) atoms. The van der Waals surface area contributed by atoms with Crippen LogP contribution in [0.5, 0.6) is 0 Å². The lowest BCUT2D eigenvalue weighted by Gasteiger charge is -2.06. The van der Waals surface area contributed by atoms with E-state index in [2.05, 4.69) is 20.9 Å². The summed E-state index contributed by atoms with van der Waals surface area (Å²) in [6, 6.07) is 6.00. The van der Waals surface area contributed by atoms with Crippen molar-refractivity contribution in [3.8, 4) is 0 Å². The summed E-state index contributed by atoms with van der Waals surface area (Å²) in [6.45, 7) is 0. The first-order valence-corrected chi connectivity index (χ1v) is 8.08. The Kier molecular flexibility index (Phi) is 4.13. The van der Waals surface area contributed by atoms with Crippen molar-refractivity contribution in [2.75, 3.05) is 5.73 Å². The third kappa shape index (κ3) is 3.46. The monoisotopic (exact) mass is 360 g/mol. The molecule has 2 N–H and O–H groups in total. The van der Waals surface area contributed by atoms with Crippen LogP contribution in [0, 0.1) is 0 Å². The molecule has 0 saturated carbocycles. The minimum absolute atomic E-state index is 0.139. The molecule has 0 bridgehead atoms. The van der Waals surface area contributed by atoms with Gasteiger partial charge in [-0.2, -0.15) is 0 Å². The zero-order valence-electron chi connectivity index (χ0n) is 9.68. The van der Waals surface area contributed by atoms with Crippen LogP contribution in [0.3, 0.4) is 0 Å². The van der Waals surface area contributed by atoms with Crippen LogP contribution in [-0.4, -0.2) is 13.4 Å². The smallest absolute Gasteiger partial charge is 0.182 e. The number of nitrogen functional groups attached to an aromatic ring is 1. The summed E-state index contributed by atoms with van der Waals surface area (Å²) < 4.78 is 25.2. The molecule has 100 valence electrons. The van der Waals surface area contributed by atoms with E-state index in [-0.39, 0.29) is 15.7 Å². The molecule has 1 aromatic heterocycles. The zero-order valence-corrected chi connectivity index (χ0v) is 12.8. The molecule has 1 aromatic carbocycles. The average Bonchev–Trinajstić information content (AvgIpc) is 2.32. The Labute approximate surface area is 124 Å². The third-order valence-electron chi connectivity index (χ3n) is 2.45. The lowest BCUT2D eigenvalue weighted by Crippen LogP contribution is -2.05. The topological polar surface area (TPSA) is 73.1 Å². The second kappa shape index (κ2) is 5.48. The summed E-state index contributed by atoms with van der Waals surface area (Å²) in [7, 11) is -3.47. The maximum atomic E-state index is 12.2. The number of halogens is 2. The predicted molar refractivity (Wildman–Crippen MR) is 78.7 cm³/mol. The molecule has 7 heteroatoms. The molecule has 0 spiro atoms. The van der Waals surface area contributed by atoms with Gasteiger partial charge in [0, 0.05) is 16.9 Å². The van der Waals surface area contributed by atoms with Gasteiger partial charge in [-0.15, -0.1) is 0 Å².